The zero-order chi connectivity index (χ0) is 40.6. The summed E-state index contributed by atoms with van der Waals surface area (Å²) in [4.78, 5) is 17.1. The molecule has 0 bridgehead atoms. The molecule has 2 aliphatic carbocycles. The molecule has 0 atom stereocenters. The van der Waals surface area contributed by atoms with Crippen LogP contribution in [-0.2, 0) is 10.8 Å². The molecule has 2 aliphatic rings. The van der Waals surface area contributed by atoms with E-state index in [1.807, 2.05) is 24.8 Å². The summed E-state index contributed by atoms with van der Waals surface area (Å²) in [5, 5.41) is 0. The van der Waals surface area contributed by atoms with Gasteiger partial charge in [0.25, 0.3) is 0 Å². The van der Waals surface area contributed by atoms with Crippen molar-refractivity contribution < 1.29 is 0 Å². The van der Waals surface area contributed by atoms with Gasteiger partial charge in [0, 0.05) is 46.7 Å². The molecule has 286 valence electrons. The predicted molar refractivity (Wildman–Crippen MR) is 245 cm³/mol. The fourth-order valence-electron chi connectivity index (χ4n) is 9.88. The third-order valence-electron chi connectivity index (χ3n) is 13.1. The van der Waals surface area contributed by atoms with Gasteiger partial charge in [-0.2, -0.15) is 0 Å². The second kappa shape index (κ2) is 13.6. The average molecular weight is 771 g/mol. The van der Waals surface area contributed by atoms with Gasteiger partial charge in [-0.05, 0) is 124 Å². The molecule has 0 amide bonds. The van der Waals surface area contributed by atoms with Crippen molar-refractivity contribution in [1.29, 1.82) is 0 Å². The van der Waals surface area contributed by atoms with Crippen LogP contribution in [0.25, 0.3) is 89.0 Å². The second-order valence-electron chi connectivity index (χ2n) is 17.2. The van der Waals surface area contributed by atoms with Gasteiger partial charge in [-0.25, -0.2) is 19.9 Å². The Bertz CT molecular complexity index is 2900. The highest BCUT2D eigenvalue weighted by Gasteiger charge is 2.37. The lowest BCUT2D eigenvalue weighted by atomic mass is 9.79. The fraction of sp³-hybridized carbons (Fsp3) is 0.107. The summed E-state index contributed by atoms with van der Waals surface area (Å²) >= 11 is 0. The van der Waals surface area contributed by atoms with Gasteiger partial charge < -0.3 is 0 Å². The second-order valence-corrected chi connectivity index (χ2v) is 17.2. The van der Waals surface area contributed by atoms with E-state index in [0.29, 0.717) is 0 Å². The average Bonchev–Trinajstić information content (AvgIpc) is 3.68. The van der Waals surface area contributed by atoms with Crippen molar-refractivity contribution in [3.05, 3.63) is 205 Å². The van der Waals surface area contributed by atoms with Crippen LogP contribution in [0.15, 0.2) is 183 Å². The molecule has 0 spiro atoms. The normalized spacial score (nSPS) is 13.9. The van der Waals surface area contributed by atoms with Gasteiger partial charge >= 0.3 is 0 Å². The van der Waals surface area contributed by atoms with Crippen molar-refractivity contribution in [2.45, 2.75) is 38.5 Å². The molecule has 60 heavy (non-hydrogen) atoms. The molecule has 9 aromatic rings. The van der Waals surface area contributed by atoms with E-state index in [1.54, 1.807) is 12.7 Å². The Morgan fingerprint density at radius 3 is 0.983 bits per heavy atom. The van der Waals surface area contributed by atoms with Crippen LogP contribution in [0.3, 0.4) is 0 Å². The lowest BCUT2D eigenvalue weighted by Crippen LogP contribution is -2.15. The van der Waals surface area contributed by atoms with Crippen LogP contribution in [-0.4, -0.2) is 19.9 Å². The highest BCUT2D eigenvalue weighted by Crippen LogP contribution is 2.53. The summed E-state index contributed by atoms with van der Waals surface area (Å²) < 4.78 is 0. The first-order chi connectivity index (χ1) is 29.3. The summed E-state index contributed by atoms with van der Waals surface area (Å²) in [6.07, 6.45) is 10.6. The maximum atomic E-state index is 4.28. The van der Waals surface area contributed by atoms with Crippen LogP contribution in [0, 0.1) is 0 Å². The summed E-state index contributed by atoms with van der Waals surface area (Å²) in [5.41, 5.74) is 24.1. The molecule has 0 aliphatic heterocycles. The van der Waals surface area contributed by atoms with Crippen LogP contribution in [0.5, 0.6) is 0 Å². The van der Waals surface area contributed by atoms with Gasteiger partial charge in [-0.15, -0.1) is 0 Å². The van der Waals surface area contributed by atoms with E-state index in [1.165, 1.54) is 77.9 Å². The van der Waals surface area contributed by atoms with Crippen LogP contribution in [0.2, 0.25) is 0 Å². The van der Waals surface area contributed by atoms with Crippen molar-refractivity contribution >= 4 is 0 Å². The number of fused-ring (bicyclic) bond motifs is 6. The molecule has 4 heteroatoms. The Morgan fingerprint density at radius 2 is 0.583 bits per heavy atom. The molecular weight excluding hydrogens is 729 g/mol. The van der Waals surface area contributed by atoms with Crippen LogP contribution < -0.4 is 0 Å². The molecule has 0 fully saturated rings. The summed E-state index contributed by atoms with van der Waals surface area (Å²) in [5.74, 6) is 0. The maximum absolute atomic E-state index is 4.28. The Morgan fingerprint density at radius 1 is 0.267 bits per heavy atom. The molecule has 7 aromatic carbocycles. The zero-order valence-electron chi connectivity index (χ0n) is 34.1. The van der Waals surface area contributed by atoms with Crippen LogP contribution in [0.1, 0.15) is 49.9 Å². The van der Waals surface area contributed by atoms with Gasteiger partial charge in [-0.1, -0.05) is 149 Å². The SMILES string of the molecule is CC1(C)c2ccccc2-c2ccc(-c3cc(-c4ccc5c(c4)C(C)(C)c4ccccc4-5)c(-c4ccc(-c5cncnc5)cc4)cc3-c3ccc(-c4cncnc4)cc3)cc21. The molecule has 2 heterocycles. The molecule has 0 saturated carbocycles. The molecule has 0 radical (unpaired) electrons. The molecule has 0 unspecified atom stereocenters. The third kappa shape index (κ3) is 5.66. The zero-order valence-corrected chi connectivity index (χ0v) is 34.1. The van der Waals surface area contributed by atoms with Gasteiger partial charge in [0.05, 0.1) is 0 Å². The topological polar surface area (TPSA) is 51.6 Å². The number of nitrogens with zero attached hydrogens (tertiary/aromatic N) is 4. The van der Waals surface area contributed by atoms with Crippen molar-refractivity contribution in [3.63, 3.8) is 0 Å². The van der Waals surface area contributed by atoms with E-state index in [-0.39, 0.29) is 10.8 Å². The van der Waals surface area contributed by atoms with E-state index >= 15 is 0 Å². The fourth-order valence-corrected chi connectivity index (χ4v) is 9.88. The first-order valence-electron chi connectivity index (χ1n) is 20.6. The lowest BCUT2D eigenvalue weighted by molar-refractivity contribution is 0.660. The summed E-state index contributed by atoms with van der Waals surface area (Å²) in [6.45, 7) is 9.44. The minimum absolute atomic E-state index is 0.129. The number of rotatable bonds is 6. The first-order valence-corrected chi connectivity index (χ1v) is 20.6. The van der Waals surface area contributed by atoms with Gasteiger partial charge in [-0.3, -0.25) is 0 Å². The predicted octanol–water partition coefficient (Wildman–Crippen LogP) is 13.9. The summed E-state index contributed by atoms with van der Waals surface area (Å²) in [6, 6.07) is 54.6. The molecule has 2 aromatic heterocycles. The van der Waals surface area contributed by atoms with Crippen molar-refractivity contribution in [3.8, 4) is 89.0 Å². The number of aromatic nitrogens is 4. The van der Waals surface area contributed by atoms with E-state index in [4.69, 9.17) is 0 Å². The minimum atomic E-state index is -0.129. The highest BCUT2D eigenvalue weighted by molar-refractivity contribution is 5.97. The van der Waals surface area contributed by atoms with Gasteiger partial charge in [0.1, 0.15) is 12.7 Å². The minimum Gasteiger partial charge on any atom is -0.244 e. The monoisotopic (exact) mass is 770 g/mol. The van der Waals surface area contributed by atoms with Gasteiger partial charge in [0.15, 0.2) is 0 Å². The van der Waals surface area contributed by atoms with E-state index in [9.17, 15) is 0 Å². The smallest absolute Gasteiger partial charge is 0.115 e. The van der Waals surface area contributed by atoms with Crippen LogP contribution >= 0.6 is 0 Å². The van der Waals surface area contributed by atoms with Crippen LogP contribution in [0.4, 0.5) is 0 Å². The van der Waals surface area contributed by atoms with E-state index in [2.05, 4.69) is 193 Å². The maximum Gasteiger partial charge on any atom is 0.115 e. The Hall–Kier alpha value is -7.30. The number of hydrogen-bond acceptors (Lipinski definition) is 4. The quantitative estimate of drug-likeness (QED) is 0.169. The first kappa shape index (κ1) is 35.8. The van der Waals surface area contributed by atoms with Crippen molar-refractivity contribution in [1.82, 2.24) is 19.9 Å². The molecule has 0 N–H and O–H groups in total. The lowest BCUT2D eigenvalue weighted by Gasteiger charge is -2.24. The Kier molecular flexibility index (Phi) is 8.15. The van der Waals surface area contributed by atoms with Gasteiger partial charge in [0.2, 0.25) is 0 Å². The third-order valence-corrected chi connectivity index (χ3v) is 13.1. The number of benzene rings is 7. The number of hydrogen-bond donors (Lipinski definition) is 0. The largest absolute Gasteiger partial charge is 0.244 e. The molecule has 0 saturated heterocycles. The molecule has 11 rings (SSSR count). The van der Waals surface area contributed by atoms with E-state index < -0.39 is 0 Å². The molecule has 4 nitrogen and oxygen atoms in total. The molecular formula is C56H42N4. The highest BCUT2D eigenvalue weighted by atomic mass is 14.8. The summed E-state index contributed by atoms with van der Waals surface area (Å²) in [7, 11) is 0. The Balaban J connectivity index is 1.15. The van der Waals surface area contributed by atoms with E-state index in [0.717, 1.165) is 33.4 Å². The standard InChI is InChI=1S/C56H42N4/c1-55(2)51-11-7-5-9-43(51)45-23-21-39(25-53(45)55)49-28-50(40-22-24-46-44-10-6-8-12-52(44)56(3,4)54(46)26-40)48(38-19-15-36(16-20-38)42-31-59-34-60-32-42)27-47(49)37-17-13-35(14-18-37)41-29-57-33-58-30-41/h5-34H,1-4H3. The van der Waals surface area contributed by atoms with Crippen molar-refractivity contribution in [2.75, 3.05) is 0 Å². The van der Waals surface area contributed by atoms with Crippen molar-refractivity contribution in [2.24, 2.45) is 0 Å². The Labute approximate surface area is 351 Å².